The zero-order chi connectivity index (χ0) is 12.8. The zero-order valence-corrected chi connectivity index (χ0v) is 11.7. The van der Waals surface area contributed by atoms with Crippen molar-refractivity contribution in [2.24, 2.45) is 17.8 Å². The maximum atomic E-state index is 11.8. The number of carbonyl (C=O) groups is 1. The molecule has 0 aromatic rings. The van der Waals surface area contributed by atoms with Crippen LogP contribution in [0.5, 0.6) is 0 Å². The van der Waals surface area contributed by atoms with Crippen LogP contribution in [0.3, 0.4) is 0 Å². The van der Waals surface area contributed by atoms with Crippen molar-refractivity contribution in [1.29, 1.82) is 0 Å². The highest BCUT2D eigenvalue weighted by molar-refractivity contribution is 5.75. The molecule has 1 saturated heterocycles. The summed E-state index contributed by atoms with van der Waals surface area (Å²) in [6.07, 6.45) is 8.32. The molecule has 0 radical (unpaired) electrons. The highest BCUT2D eigenvalue weighted by atomic mass is 16.1. The van der Waals surface area contributed by atoms with Crippen LogP contribution >= 0.6 is 0 Å². The highest BCUT2D eigenvalue weighted by Crippen LogP contribution is 2.30. The lowest BCUT2D eigenvalue weighted by atomic mass is 9.94. The molecule has 2 rings (SSSR count). The van der Waals surface area contributed by atoms with E-state index in [2.05, 4.69) is 17.6 Å². The lowest BCUT2D eigenvalue weighted by molar-refractivity contribution is -0.121. The summed E-state index contributed by atoms with van der Waals surface area (Å²) in [5.74, 6) is 2.51. The van der Waals surface area contributed by atoms with Crippen molar-refractivity contribution in [3.05, 3.63) is 0 Å². The second-order valence-electron chi connectivity index (χ2n) is 6.22. The smallest absolute Gasteiger partial charge is 0.220 e. The average molecular weight is 252 g/mol. The fourth-order valence-corrected chi connectivity index (χ4v) is 3.36. The first-order valence-electron chi connectivity index (χ1n) is 7.73. The van der Waals surface area contributed by atoms with Crippen LogP contribution in [-0.2, 0) is 4.79 Å². The number of amides is 1. The molecule has 0 aromatic carbocycles. The van der Waals surface area contributed by atoms with E-state index in [0.29, 0.717) is 6.42 Å². The van der Waals surface area contributed by atoms with Crippen LogP contribution in [0.15, 0.2) is 0 Å². The van der Waals surface area contributed by atoms with Gasteiger partial charge < -0.3 is 10.6 Å². The Morgan fingerprint density at radius 3 is 2.83 bits per heavy atom. The summed E-state index contributed by atoms with van der Waals surface area (Å²) in [6, 6.07) is 0. The Morgan fingerprint density at radius 2 is 2.17 bits per heavy atom. The molecule has 18 heavy (non-hydrogen) atoms. The summed E-state index contributed by atoms with van der Waals surface area (Å²) >= 11 is 0. The van der Waals surface area contributed by atoms with Crippen LogP contribution < -0.4 is 10.6 Å². The Hall–Kier alpha value is -0.570. The van der Waals surface area contributed by atoms with Crippen LogP contribution in [0, 0.1) is 17.8 Å². The van der Waals surface area contributed by atoms with Gasteiger partial charge in [0.25, 0.3) is 0 Å². The largest absolute Gasteiger partial charge is 0.356 e. The van der Waals surface area contributed by atoms with Crippen molar-refractivity contribution in [2.45, 2.75) is 51.9 Å². The van der Waals surface area contributed by atoms with Gasteiger partial charge in [-0.1, -0.05) is 19.8 Å². The fourth-order valence-electron chi connectivity index (χ4n) is 3.36. The molecular formula is C15H28N2O. The first kappa shape index (κ1) is 13.9. The zero-order valence-electron chi connectivity index (χ0n) is 11.7. The number of hydrogen-bond acceptors (Lipinski definition) is 2. The van der Waals surface area contributed by atoms with Crippen LogP contribution in [0.4, 0.5) is 0 Å². The molecule has 0 aromatic heterocycles. The number of rotatable bonds is 5. The van der Waals surface area contributed by atoms with Crippen LogP contribution in [0.2, 0.25) is 0 Å². The van der Waals surface area contributed by atoms with Gasteiger partial charge in [-0.25, -0.2) is 0 Å². The standard InChI is InChI=1S/C15H28N2O/c1-12-4-2-6-14(12)11-17-15(18)8-7-13-5-3-9-16-10-13/h12-14,16H,2-11H2,1H3,(H,17,18). The number of nitrogens with one attached hydrogen (secondary N) is 2. The number of carbonyl (C=O) groups excluding carboxylic acids is 1. The van der Waals surface area contributed by atoms with E-state index in [1.807, 2.05) is 0 Å². The minimum atomic E-state index is 0.264. The van der Waals surface area contributed by atoms with Gasteiger partial charge in [0.2, 0.25) is 5.91 Å². The first-order chi connectivity index (χ1) is 8.75. The van der Waals surface area contributed by atoms with Crippen molar-refractivity contribution < 1.29 is 4.79 Å². The van der Waals surface area contributed by atoms with E-state index in [9.17, 15) is 4.79 Å². The normalized spacial score (nSPS) is 32.4. The molecule has 3 unspecified atom stereocenters. The number of hydrogen-bond donors (Lipinski definition) is 2. The van der Waals surface area contributed by atoms with Gasteiger partial charge in [0.15, 0.2) is 0 Å². The van der Waals surface area contributed by atoms with Crippen LogP contribution in [0.25, 0.3) is 0 Å². The molecule has 104 valence electrons. The van der Waals surface area contributed by atoms with Gasteiger partial charge in [-0.05, 0) is 56.5 Å². The van der Waals surface area contributed by atoms with Gasteiger partial charge in [-0.15, -0.1) is 0 Å². The summed E-state index contributed by atoms with van der Waals surface area (Å²) in [6.45, 7) is 5.48. The molecule has 2 aliphatic rings. The summed E-state index contributed by atoms with van der Waals surface area (Å²) in [5.41, 5.74) is 0. The predicted molar refractivity (Wildman–Crippen MR) is 74.3 cm³/mol. The summed E-state index contributed by atoms with van der Waals surface area (Å²) < 4.78 is 0. The Labute approximate surface area is 111 Å². The Kier molecular flexibility index (Phi) is 5.48. The van der Waals surface area contributed by atoms with E-state index in [4.69, 9.17) is 0 Å². The molecule has 0 bridgehead atoms. The predicted octanol–water partition coefficient (Wildman–Crippen LogP) is 2.32. The Morgan fingerprint density at radius 1 is 1.28 bits per heavy atom. The van der Waals surface area contributed by atoms with Crippen molar-refractivity contribution in [3.8, 4) is 0 Å². The average Bonchev–Trinajstić information content (AvgIpc) is 2.81. The second-order valence-corrected chi connectivity index (χ2v) is 6.22. The van der Waals surface area contributed by atoms with Gasteiger partial charge >= 0.3 is 0 Å². The molecule has 1 heterocycles. The lowest BCUT2D eigenvalue weighted by Crippen LogP contribution is -2.33. The second kappa shape index (κ2) is 7.13. The maximum Gasteiger partial charge on any atom is 0.220 e. The van der Waals surface area contributed by atoms with Crippen LogP contribution in [-0.4, -0.2) is 25.5 Å². The topological polar surface area (TPSA) is 41.1 Å². The third-order valence-corrected chi connectivity index (χ3v) is 4.78. The van der Waals surface area contributed by atoms with E-state index >= 15 is 0 Å². The Balaban J connectivity index is 1.57. The maximum absolute atomic E-state index is 11.8. The molecule has 1 saturated carbocycles. The first-order valence-corrected chi connectivity index (χ1v) is 7.73. The SMILES string of the molecule is CC1CCCC1CNC(=O)CCC1CCCNC1. The van der Waals surface area contributed by atoms with Crippen LogP contribution in [0.1, 0.15) is 51.9 Å². The van der Waals surface area contributed by atoms with Gasteiger partial charge in [0.05, 0.1) is 0 Å². The molecular weight excluding hydrogens is 224 g/mol. The van der Waals surface area contributed by atoms with Crippen molar-refractivity contribution in [3.63, 3.8) is 0 Å². The summed E-state index contributed by atoms with van der Waals surface area (Å²) in [7, 11) is 0. The molecule has 0 spiro atoms. The van der Waals surface area contributed by atoms with Gasteiger partial charge in [0, 0.05) is 13.0 Å². The van der Waals surface area contributed by atoms with E-state index in [-0.39, 0.29) is 5.91 Å². The molecule has 1 aliphatic carbocycles. The third-order valence-electron chi connectivity index (χ3n) is 4.78. The lowest BCUT2D eigenvalue weighted by Gasteiger charge is -2.22. The molecule has 1 amide bonds. The quantitative estimate of drug-likeness (QED) is 0.788. The van der Waals surface area contributed by atoms with E-state index in [1.54, 1.807) is 0 Å². The summed E-state index contributed by atoms with van der Waals surface area (Å²) in [5, 5.41) is 6.54. The third kappa shape index (κ3) is 4.27. The molecule has 3 nitrogen and oxygen atoms in total. The van der Waals surface area contributed by atoms with E-state index < -0.39 is 0 Å². The number of piperidine rings is 1. The fraction of sp³-hybridized carbons (Fsp3) is 0.933. The molecule has 2 N–H and O–H groups in total. The molecule has 3 heteroatoms. The van der Waals surface area contributed by atoms with Crippen molar-refractivity contribution >= 4 is 5.91 Å². The van der Waals surface area contributed by atoms with Gasteiger partial charge in [0.1, 0.15) is 0 Å². The molecule has 2 fully saturated rings. The van der Waals surface area contributed by atoms with Crippen molar-refractivity contribution in [1.82, 2.24) is 10.6 Å². The summed E-state index contributed by atoms with van der Waals surface area (Å²) in [4.78, 5) is 11.8. The highest BCUT2D eigenvalue weighted by Gasteiger charge is 2.23. The van der Waals surface area contributed by atoms with Gasteiger partial charge in [-0.3, -0.25) is 4.79 Å². The van der Waals surface area contributed by atoms with E-state index in [0.717, 1.165) is 43.8 Å². The van der Waals surface area contributed by atoms with Crippen molar-refractivity contribution in [2.75, 3.05) is 19.6 Å². The Bertz CT molecular complexity index is 261. The van der Waals surface area contributed by atoms with E-state index in [1.165, 1.54) is 32.1 Å². The minimum absolute atomic E-state index is 0.264. The molecule has 1 aliphatic heterocycles. The van der Waals surface area contributed by atoms with Gasteiger partial charge in [-0.2, -0.15) is 0 Å². The molecule has 3 atom stereocenters. The minimum Gasteiger partial charge on any atom is -0.356 e. The monoisotopic (exact) mass is 252 g/mol.